The first kappa shape index (κ1) is 35.5. The standard InChI is InChI=1S/C18H30NO2.C3H4.2C2H6.C2H2.Hf/c1-2-14-13-17(19)9-8-15(14)5-3-6-16-7-4-10-18(16)20-11-12-21-18;1-3-2;3*1-2;/h5,7,14-17H,1-4,6,8-13,19H2;1H,2H3;2*1-2H3;1-2H;/q-3;;;;;. The summed E-state index contributed by atoms with van der Waals surface area (Å²) in [6.45, 7) is 15.3. The average molecular weight is 597 g/mol. The molecule has 0 aromatic carbocycles. The van der Waals surface area contributed by atoms with Gasteiger partial charge < -0.3 is 35.0 Å². The summed E-state index contributed by atoms with van der Waals surface area (Å²) in [4.78, 5) is 0. The number of ether oxygens (including phenoxy) is 2. The second-order valence-corrected chi connectivity index (χ2v) is 7.28. The molecule has 0 amide bonds. The maximum Gasteiger partial charge on any atom is 0.142 e. The van der Waals surface area contributed by atoms with Crippen LogP contribution in [0.5, 0.6) is 0 Å². The molecule has 0 bridgehead atoms. The van der Waals surface area contributed by atoms with E-state index in [0.29, 0.717) is 23.8 Å². The van der Waals surface area contributed by atoms with E-state index in [0.717, 1.165) is 51.7 Å². The van der Waals surface area contributed by atoms with Crippen molar-refractivity contribution in [1.82, 2.24) is 0 Å². The van der Waals surface area contributed by atoms with Gasteiger partial charge in [0, 0.05) is 31.9 Å². The quantitative estimate of drug-likeness (QED) is 0.232. The molecule has 2 saturated carbocycles. The van der Waals surface area contributed by atoms with E-state index in [9.17, 15) is 0 Å². The molecule has 3 aliphatic rings. The Morgan fingerprint density at radius 3 is 2.23 bits per heavy atom. The minimum atomic E-state index is -0.269. The van der Waals surface area contributed by atoms with Crippen molar-refractivity contribution in [3.05, 3.63) is 19.8 Å². The van der Waals surface area contributed by atoms with Crippen molar-refractivity contribution in [2.75, 3.05) is 13.2 Å². The summed E-state index contributed by atoms with van der Waals surface area (Å²) in [5.74, 6) is 3.86. The van der Waals surface area contributed by atoms with Crippen molar-refractivity contribution in [3.8, 4) is 25.2 Å². The summed E-state index contributed by atoms with van der Waals surface area (Å²) in [7, 11) is 0. The van der Waals surface area contributed by atoms with Gasteiger partial charge in [-0.25, -0.2) is 0 Å². The van der Waals surface area contributed by atoms with E-state index in [1.165, 1.54) is 12.8 Å². The third-order valence-corrected chi connectivity index (χ3v) is 5.68. The van der Waals surface area contributed by atoms with Crippen molar-refractivity contribution >= 4 is 0 Å². The first-order valence-corrected chi connectivity index (χ1v) is 11.8. The molecule has 2 N–H and O–H groups in total. The molecule has 4 unspecified atom stereocenters. The number of terminal acetylenes is 2. The van der Waals surface area contributed by atoms with Crippen molar-refractivity contribution in [2.45, 2.75) is 97.8 Å². The number of nitrogens with two attached hydrogens (primary N) is 1. The van der Waals surface area contributed by atoms with Gasteiger partial charge in [0.05, 0.1) is 13.2 Å². The molecule has 4 atom stereocenters. The van der Waals surface area contributed by atoms with E-state index in [-0.39, 0.29) is 31.6 Å². The van der Waals surface area contributed by atoms with Gasteiger partial charge in [0.2, 0.25) is 0 Å². The molecule has 3 nitrogen and oxygen atoms in total. The Morgan fingerprint density at radius 1 is 1.16 bits per heavy atom. The maximum absolute atomic E-state index is 6.09. The van der Waals surface area contributed by atoms with Crippen LogP contribution in [-0.4, -0.2) is 25.0 Å². The van der Waals surface area contributed by atoms with Gasteiger partial charge in [-0.1, -0.05) is 46.5 Å². The third-order valence-electron chi connectivity index (χ3n) is 5.68. The molecule has 0 aromatic heterocycles. The molecule has 1 aliphatic heterocycles. The van der Waals surface area contributed by atoms with E-state index in [1.807, 2.05) is 27.7 Å². The fourth-order valence-corrected chi connectivity index (χ4v) is 4.47. The molecular formula is C27H48HfNO2-3. The van der Waals surface area contributed by atoms with Crippen molar-refractivity contribution in [1.29, 1.82) is 0 Å². The third kappa shape index (κ3) is 12.6. The van der Waals surface area contributed by atoms with Gasteiger partial charge in [-0.2, -0.15) is 25.2 Å². The van der Waals surface area contributed by atoms with Crippen LogP contribution in [0.15, 0.2) is 0 Å². The Hall–Kier alpha value is -0.130. The topological polar surface area (TPSA) is 44.5 Å². The predicted octanol–water partition coefficient (Wildman–Crippen LogP) is 6.23. The van der Waals surface area contributed by atoms with Crippen LogP contribution in [0.3, 0.4) is 0 Å². The van der Waals surface area contributed by atoms with Crippen LogP contribution in [0.2, 0.25) is 0 Å². The summed E-state index contributed by atoms with van der Waals surface area (Å²) in [5, 5.41) is 0. The van der Waals surface area contributed by atoms with Crippen LogP contribution in [0, 0.1) is 62.7 Å². The molecule has 1 spiro atoms. The summed E-state index contributed by atoms with van der Waals surface area (Å²) in [6.07, 6.45) is 26.6. The van der Waals surface area contributed by atoms with Crippen LogP contribution < -0.4 is 5.73 Å². The minimum absolute atomic E-state index is 0. The van der Waals surface area contributed by atoms with E-state index >= 15 is 0 Å². The van der Waals surface area contributed by atoms with Gasteiger partial charge in [0.25, 0.3) is 0 Å². The molecule has 180 valence electrons. The Kier molecular flexibility index (Phi) is 26.4. The van der Waals surface area contributed by atoms with Gasteiger partial charge in [-0.3, -0.25) is 0 Å². The predicted molar refractivity (Wildman–Crippen MR) is 131 cm³/mol. The maximum atomic E-state index is 6.09. The normalized spacial score (nSPS) is 27.2. The average Bonchev–Trinajstić information content (AvgIpc) is 3.44. The summed E-state index contributed by atoms with van der Waals surface area (Å²) in [5.41, 5.74) is 6.09. The Labute approximate surface area is 214 Å². The molecule has 3 fully saturated rings. The number of hydrogen-bond donors (Lipinski definition) is 1. The number of rotatable bonds is 5. The first-order chi connectivity index (χ1) is 14.6. The van der Waals surface area contributed by atoms with Gasteiger partial charge in [0.15, 0.2) is 0 Å². The Morgan fingerprint density at radius 2 is 1.71 bits per heavy atom. The monoisotopic (exact) mass is 598 g/mol. The number of hydrogen-bond acceptors (Lipinski definition) is 3. The van der Waals surface area contributed by atoms with Gasteiger partial charge in [0.1, 0.15) is 5.79 Å². The molecule has 0 radical (unpaired) electrons. The summed E-state index contributed by atoms with van der Waals surface area (Å²) >= 11 is 0. The van der Waals surface area contributed by atoms with Crippen LogP contribution in [0.4, 0.5) is 0 Å². The molecular weight excluding hydrogens is 549 g/mol. The fraction of sp³-hybridized carbons (Fsp3) is 0.741. The molecule has 3 rings (SSSR count). The largest absolute Gasteiger partial charge is 0.350 e. The second kappa shape index (κ2) is 23.0. The zero-order chi connectivity index (χ0) is 23.4. The molecule has 0 aromatic rings. The van der Waals surface area contributed by atoms with Gasteiger partial charge in [-0.15, -0.1) is 31.1 Å². The Balaban J connectivity index is -0.000000693. The molecule has 2 aliphatic carbocycles. The second-order valence-electron chi connectivity index (χ2n) is 7.28. The van der Waals surface area contributed by atoms with E-state index in [4.69, 9.17) is 15.2 Å². The summed E-state index contributed by atoms with van der Waals surface area (Å²) in [6, 6.07) is 0.396. The van der Waals surface area contributed by atoms with Crippen LogP contribution in [0.25, 0.3) is 0 Å². The van der Waals surface area contributed by atoms with Gasteiger partial charge >= 0.3 is 0 Å². The first-order valence-electron chi connectivity index (χ1n) is 11.8. The van der Waals surface area contributed by atoms with Crippen molar-refractivity contribution in [2.24, 2.45) is 23.5 Å². The smallest absolute Gasteiger partial charge is 0.142 e. The van der Waals surface area contributed by atoms with Crippen LogP contribution >= 0.6 is 0 Å². The molecule has 31 heavy (non-hydrogen) atoms. The zero-order valence-electron chi connectivity index (χ0n) is 20.9. The summed E-state index contributed by atoms with van der Waals surface area (Å²) < 4.78 is 11.8. The SMILES string of the molecule is C#C.C#CC.CC.CC.[CH2-]CC1CC(N)CCC1[CH-]CCC1[CH-]CCC12OCCO2.[Hf]. The van der Waals surface area contributed by atoms with E-state index in [2.05, 4.69) is 45.0 Å². The molecule has 4 heteroatoms. The van der Waals surface area contributed by atoms with E-state index < -0.39 is 0 Å². The van der Waals surface area contributed by atoms with Gasteiger partial charge in [-0.05, 0) is 26.2 Å². The Bertz CT molecular complexity index is 435. The van der Waals surface area contributed by atoms with E-state index in [1.54, 1.807) is 6.92 Å². The minimum Gasteiger partial charge on any atom is -0.350 e. The zero-order valence-corrected chi connectivity index (χ0v) is 24.5. The van der Waals surface area contributed by atoms with Crippen LogP contribution in [-0.2, 0) is 35.3 Å². The van der Waals surface area contributed by atoms with Crippen LogP contribution in [0.1, 0.15) is 86.0 Å². The molecule has 1 saturated heterocycles. The molecule has 1 heterocycles. The van der Waals surface area contributed by atoms with Crippen molar-refractivity contribution < 1.29 is 35.3 Å². The van der Waals surface area contributed by atoms with Crippen molar-refractivity contribution in [3.63, 3.8) is 0 Å². The fourth-order valence-electron chi connectivity index (χ4n) is 4.47.